The van der Waals surface area contributed by atoms with E-state index in [9.17, 15) is 13.2 Å². The topological polar surface area (TPSA) is 80.7 Å². The normalized spacial score (nSPS) is 10.9. The number of hydrogen-bond acceptors (Lipinski definition) is 4. The number of ether oxygens (including phenoxy) is 1. The maximum atomic E-state index is 11.1. The van der Waals surface area contributed by atoms with Gasteiger partial charge in [-0.3, -0.25) is 4.55 Å². The summed E-state index contributed by atoms with van der Waals surface area (Å²) in [6.45, 7) is 4.74. The number of rotatable bonds is 4. The second kappa shape index (κ2) is 5.11. The third-order valence-electron chi connectivity index (χ3n) is 2.03. The molecule has 1 rings (SSSR count). The van der Waals surface area contributed by atoms with E-state index in [1.54, 1.807) is 13.0 Å². The molecule has 0 heterocycles. The van der Waals surface area contributed by atoms with E-state index in [0.717, 1.165) is 11.6 Å². The molecule has 1 aromatic rings. The second-order valence-electron chi connectivity index (χ2n) is 3.40. The van der Waals surface area contributed by atoms with Crippen LogP contribution in [0, 0.1) is 6.92 Å². The molecule has 1 N–H and O–H groups in total. The van der Waals surface area contributed by atoms with Crippen molar-refractivity contribution in [2.75, 3.05) is 0 Å². The van der Waals surface area contributed by atoms with Crippen LogP contribution in [0.3, 0.4) is 0 Å². The third-order valence-corrected chi connectivity index (χ3v) is 2.98. The van der Waals surface area contributed by atoms with Crippen molar-refractivity contribution in [2.45, 2.75) is 18.4 Å². The fraction of sp³-hybridized carbons (Fsp3) is 0.182. The van der Waals surface area contributed by atoms with Gasteiger partial charge < -0.3 is 4.74 Å². The van der Waals surface area contributed by atoms with E-state index in [2.05, 4.69) is 6.58 Å². The van der Waals surface area contributed by atoms with Crippen molar-refractivity contribution in [2.24, 2.45) is 0 Å². The van der Waals surface area contributed by atoms with Gasteiger partial charge in [-0.05, 0) is 13.0 Å². The Labute approximate surface area is 99.5 Å². The maximum Gasteiger partial charge on any atom is 0.330 e. The summed E-state index contributed by atoms with van der Waals surface area (Å²) in [5.41, 5.74) is 1.02. The molecule has 0 saturated heterocycles. The zero-order chi connectivity index (χ0) is 13.1. The molecule has 1 aromatic carbocycles. The SMILES string of the molecule is C=CC(=O)OCc1cc(C)ccc1S(=O)(=O)O. The molecule has 6 heteroatoms. The van der Waals surface area contributed by atoms with Crippen LogP contribution in [0.25, 0.3) is 0 Å². The van der Waals surface area contributed by atoms with Crippen LogP contribution in [-0.4, -0.2) is 18.9 Å². The van der Waals surface area contributed by atoms with E-state index in [1.807, 2.05) is 0 Å². The average molecular weight is 256 g/mol. The predicted octanol–water partition coefficient (Wildman–Crippen LogP) is 1.47. The van der Waals surface area contributed by atoms with Gasteiger partial charge in [0, 0.05) is 11.6 Å². The molecule has 0 fully saturated rings. The molecule has 5 nitrogen and oxygen atoms in total. The highest BCUT2D eigenvalue weighted by atomic mass is 32.2. The lowest BCUT2D eigenvalue weighted by atomic mass is 10.1. The lowest BCUT2D eigenvalue weighted by Crippen LogP contribution is -2.07. The molecule has 0 aliphatic carbocycles. The maximum absolute atomic E-state index is 11.1. The molecule has 0 aromatic heterocycles. The van der Waals surface area contributed by atoms with E-state index in [1.165, 1.54) is 12.1 Å². The van der Waals surface area contributed by atoms with Crippen molar-refractivity contribution in [3.05, 3.63) is 42.0 Å². The zero-order valence-corrected chi connectivity index (χ0v) is 10.0. The van der Waals surface area contributed by atoms with Crippen LogP contribution in [0.5, 0.6) is 0 Å². The molecule has 92 valence electrons. The summed E-state index contributed by atoms with van der Waals surface area (Å²) in [5, 5.41) is 0. The fourth-order valence-corrected chi connectivity index (χ4v) is 1.97. The second-order valence-corrected chi connectivity index (χ2v) is 4.79. The fourth-order valence-electron chi connectivity index (χ4n) is 1.28. The Hall–Kier alpha value is -1.66. The number of aryl methyl sites for hydroxylation is 1. The van der Waals surface area contributed by atoms with Crippen molar-refractivity contribution in [1.82, 2.24) is 0 Å². The Balaban J connectivity index is 3.08. The minimum Gasteiger partial charge on any atom is -0.458 e. The van der Waals surface area contributed by atoms with Crippen LogP contribution < -0.4 is 0 Å². The molecule has 0 unspecified atom stereocenters. The minimum absolute atomic E-state index is 0.225. The molecular weight excluding hydrogens is 244 g/mol. The predicted molar refractivity (Wildman–Crippen MR) is 61.0 cm³/mol. The zero-order valence-electron chi connectivity index (χ0n) is 9.21. The van der Waals surface area contributed by atoms with Crippen LogP contribution in [0.1, 0.15) is 11.1 Å². The first-order valence-electron chi connectivity index (χ1n) is 4.71. The number of benzene rings is 1. The highest BCUT2D eigenvalue weighted by Crippen LogP contribution is 2.18. The Kier molecular flexibility index (Phi) is 4.03. The lowest BCUT2D eigenvalue weighted by molar-refractivity contribution is -0.139. The molecule has 0 aliphatic rings. The molecule has 0 spiro atoms. The van der Waals surface area contributed by atoms with Crippen molar-refractivity contribution in [1.29, 1.82) is 0 Å². The van der Waals surface area contributed by atoms with Crippen molar-refractivity contribution in [3.63, 3.8) is 0 Å². The molecule has 0 saturated carbocycles. The average Bonchev–Trinajstić information content (AvgIpc) is 2.24. The summed E-state index contributed by atoms with van der Waals surface area (Å²) in [4.78, 5) is 10.6. The van der Waals surface area contributed by atoms with Gasteiger partial charge in [0.15, 0.2) is 0 Å². The van der Waals surface area contributed by atoms with Gasteiger partial charge in [-0.2, -0.15) is 8.42 Å². The lowest BCUT2D eigenvalue weighted by Gasteiger charge is -2.08. The number of carbonyl (C=O) groups is 1. The van der Waals surface area contributed by atoms with Crippen LogP contribution >= 0.6 is 0 Å². The van der Waals surface area contributed by atoms with E-state index in [0.29, 0.717) is 0 Å². The van der Waals surface area contributed by atoms with E-state index in [4.69, 9.17) is 9.29 Å². The van der Waals surface area contributed by atoms with Crippen LogP contribution in [0.4, 0.5) is 0 Å². The standard InChI is InChI=1S/C11H12O5S/c1-3-11(12)16-7-9-6-8(2)4-5-10(9)17(13,14)15/h3-6H,1,7H2,2H3,(H,13,14,15). The van der Waals surface area contributed by atoms with Gasteiger partial charge in [0.2, 0.25) is 0 Å². The first-order chi connectivity index (χ1) is 7.84. The highest BCUT2D eigenvalue weighted by molar-refractivity contribution is 7.85. The highest BCUT2D eigenvalue weighted by Gasteiger charge is 2.16. The summed E-state index contributed by atoms with van der Waals surface area (Å²) in [5.74, 6) is -0.659. The number of hydrogen-bond donors (Lipinski definition) is 1. The van der Waals surface area contributed by atoms with Gasteiger partial charge in [0.25, 0.3) is 10.1 Å². The van der Waals surface area contributed by atoms with Crippen molar-refractivity contribution in [3.8, 4) is 0 Å². The summed E-state index contributed by atoms with van der Waals surface area (Å²) in [7, 11) is -4.32. The van der Waals surface area contributed by atoms with Gasteiger partial charge >= 0.3 is 5.97 Å². The third kappa shape index (κ3) is 3.69. The first-order valence-corrected chi connectivity index (χ1v) is 6.15. The molecule has 0 amide bonds. The van der Waals surface area contributed by atoms with E-state index in [-0.39, 0.29) is 17.1 Å². The molecule has 0 atom stereocenters. The molecule has 0 bridgehead atoms. The monoisotopic (exact) mass is 256 g/mol. The Bertz CT molecular complexity index is 545. The first kappa shape index (κ1) is 13.4. The van der Waals surface area contributed by atoms with Gasteiger partial charge in [0.1, 0.15) is 11.5 Å². The number of esters is 1. The molecule has 0 aliphatic heterocycles. The Morgan fingerprint density at radius 2 is 2.18 bits per heavy atom. The van der Waals surface area contributed by atoms with Gasteiger partial charge in [-0.25, -0.2) is 4.79 Å². The van der Waals surface area contributed by atoms with Gasteiger partial charge in [0.05, 0.1) is 0 Å². The largest absolute Gasteiger partial charge is 0.458 e. The van der Waals surface area contributed by atoms with Crippen LogP contribution in [0.2, 0.25) is 0 Å². The Morgan fingerprint density at radius 3 is 2.71 bits per heavy atom. The summed E-state index contributed by atoms with van der Waals surface area (Å²) < 4.78 is 35.9. The quantitative estimate of drug-likeness (QED) is 0.501. The smallest absolute Gasteiger partial charge is 0.330 e. The summed E-state index contributed by atoms with van der Waals surface area (Å²) in [6, 6.07) is 4.34. The van der Waals surface area contributed by atoms with Crippen LogP contribution in [0.15, 0.2) is 35.7 Å². The Morgan fingerprint density at radius 1 is 1.53 bits per heavy atom. The number of carbonyl (C=O) groups excluding carboxylic acids is 1. The molecule has 0 radical (unpaired) electrons. The van der Waals surface area contributed by atoms with Crippen molar-refractivity contribution < 1.29 is 22.5 Å². The summed E-state index contributed by atoms with van der Waals surface area (Å²) >= 11 is 0. The molecule has 17 heavy (non-hydrogen) atoms. The van der Waals surface area contributed by atoms with E-state index < -0.39 is 16.1 Å². The van der Waals surface area contributed by atoms with E-state index >= 15 is 0 Å². The van der Waals surface area contributed by atoms with Crippen molar-refractivity contribution >= 4 is 16.1 Å². The van der Waals surface area contributed by atoms with Crippen LogP contribution in [-0.2, 0) is 26.3 Å². The van der Waals surface area contributed by atoms with Gasteiger partial charge in [-0.15, -0.1) is 0 Å². The summed E-state index contributed by atoms with van der Waals surface area (Å²) in [6.07, 6.45) is 0.975. The molecular formula is C11H12O5S. The van der Waals surface area contributed by atoms with Gasteiger partial charge in [-0.1, -0.05) is 24.3 Å². The minimum atomic E-state index is -4.32.